The molecule has 0 saturated carbocycles. The zero-order valence-electron chi connectivity index (χ0n) is 11.8. The van der Waals surface area contributed by atoms with Crippen LogP contribution in [0, 0.1) is 0 Å². The summed E-state index contributed by atoms with van der Waals surface area (Å²) in [5, 5.41) is 7.51. The van der Waals surface area contributed by atoms with Crippen molar-refractivity contribution in [1.82, 2.24) is 4.90 Å². The topological polar surface area (TPSA) is 58.4 Å². The lowest BCUT2D eigenvalue weighted by molar-refractivity contribution is -0.116. The molecule has 1 heterocycles. The van der Waals surface area contributed by atoms with Gasteiger partial charge in [-0.15, -0.1) is 0 Å². The molecule has 0 aliphatic heterocycles. The fourth-order valence-electron chi connectivity index (χ4n) is 1.92. The van der Waals surface area contributed by atoms with Gasteiger partial charge in [0, 0.05) is 24.5 Å². The molecule has 112 valence electrons. The number of benzene rings is 1. The van der Waals surface area contributed by atoms with Crippen LogP contribution < -0.4 is 11.1 Å². The van der Waals surface area contributed by atoms with Gasteiger partial charge in [0.25, 0.3) is 0 Å². The van der Waals surface area contributed by atoms with Gasteiger partial charge >= 0.3 is 0 Å². The van der Waals surface area contributed by atoms with Crippen molar-refractivity contribution in [2.75, 3.05) is 24.6 Å². The van der Waals surface area contributed by atoms with Crippen molar-refractivity contribution >= 4 is 40.2 Å². The van der Waals surface area contributed by atoms with E-state index in [2.05, 4.69) is 27.0 Å². The van der Waals surface area contributed by atoms with Gasteiger partial charge in [-0.1, -0.05) is 11.6 Å². The fourth-order valence-corrected chi connectivity index (χ4v) is 2.75. The Morgan fingerprint density at radius 3 is 2.95 bits per heavy atom. The van der Waals surface area contributed by atoms with Gasteiger partial charge in [-0.3, -0.25) is 4.79 Å². The van der Waals surface area contributed by atoms with Crippen LogP contribution in [0.2, 0.25) is 5.02 Å². The molecule has 0 unspecified atom stereocenters. The molecule has 21 heavy (non-hydrogen) atoms. The molecule has 0 spiro atoms. The number of carbonyl (C=O) groups is 1. The number of anilines is 2. The van der Waals surface area contributed by atoms with Gasteiger partial charge < -0.3 is 16.0 Å². The van der Waals surface area contributed by atoms with Crippen LogP contribution in [0.25, 0.3) is 0 Å². The molecule has 0 fully saturated rings. The Kier molecular flexibility index (Phi) is 5.61. The van der Waals surface area contributed by atoms with Crippen LogP contribution in [0.1, 0.15) is 12.0 Å². The van der Waals surface area contributed by atoms with Gasteiger partial charge in [-0.2, -0.15) is 11.3 Å². The smallest absolute Gasteiger partial charge is 0.225 e. The molecule has 1 amide bonds. The first-order valence-corrected chi connectivity index (χ1v) is 7.91. The van der Waals surface area contributed by atoms with Crippen LogP contribution in [0.5, 0.6) is 0 Å². The minimum atomic E-state index is -0.0684. The Bertz CT molecular complexity index is 601. The van der Waals surface area contributed by atoms with Crippen molar-refractivity contribution in [3.8, 4) is 0 Å². The number of carbonyl (C=O) groups excluding carboxylic acids is 1. The van der Waals surface area contributed by atoms with E-state index in [4.69, 9.17) is 17.3 Å². The number of nitrogens with two attached hydrogens (primary N) is 1. The summed E-state index contributed by atoms with van der Waals surface area (Å²) in [4.78, 5) is 14.1. The third-order valence-electron chi connectivity index (χ3n) is 3.04. The standard InChI is InChI=1S/C15H18ClN3OS/c1-19(9-11-5-7-21-10-11)6-4-15(20)18-14-8-12(16)2-3-13(14)17/h2-3,5,7-8,10H,4,6,9,17H2,1H3,(H,18,20). The maximum absolute atomic E-state index is 11.9. The lowest BCUT2D eigenvalue weighted by atomic mass is 10.2. The lowest BCUT2D eigenvalue weighted by Gasteiger charge is -2.16. The highest BCUT2D eigenvalue weighted by atomic mass is 35.5. The molecular weight excluding hydrogens is 306 g/mol. The van der Waals surface area contributed by atoms with E-state index in [0.29, 0.717) is 29.4 Å². The minimum Gasteiger partial charge on any atom is -0.397 e. The second kappa shape index (κ2) is 7.45. The summed E-state index contributed by atoms with van der Waals surface area (Å²) in [5.74, 6) is -0.0684. The predicted molar refractivity (Wildman–Crippen MR) is 89.8 cm³/mol. The molecule has 3 N–H and O–H groups in total. The van der Waals surface area contributed by atoms with Crippen LogP contribution in [-0.2, 0) is 11.3 Å². The monoisotopic (exact) mass is 323 g/mol. The van der Waals surface area contributed by atoms with Gasteiger partial charge in [0.05, 0.1) is 11.4 Å². The number of nitrogens with one attached hydrogen (secondary N) is 1. The molecular formula is C15H18ClN3OS. The summed E-state index contributed by atoms with van der Waals surface area (Å²) in [6.07, 6.45) is 0.409. The van der Waals surface area contributed by atoms with Crippen LogP contribution in [-0.4, -0.2) is 24.4 Å². The number of hydrogen-bond donors (Lipinski definition) is 2. The highest BCUT2D eigenvalue weighted by Gasteiger charge is 2.08. The number of nitrogen functional groups attached to an aromatic ring is 1. The number of hydrogen-bond acceptors (Lipinski definition) is 4. The van der Waals surface area contributed by atoms with Crippen LogP contribution in [0.15, 0.2) is 35.0 Å². The molecule has 2 rings (SSSR count). The third-order valence-corrected chi connectivity index (χ3v) is 4.01. The summed E-state index contributed by atoms with van der Waals surface area (Å²) in [6.45, 7) is 1.53. The normalized spacial score (nSPS) is 10.8. The van der Waals surface area contributed by atoms with Gasteiger partial charge in [-0.25, -0.2) is 0 Å². The highest BCUT2D eigenvalue weighted by molar-refractivity contribution is 7.07. The second-order valence-corrected chi connectivity index (χ2v) is 6.12. The largest absolute Gasteiger partial charge is 0.397 e. The van der Waals surface area contributed by atoms with Crippen LogP contribution >= 0.6 is 22.9 Å². The Balaban J connectivity index is 1.80. The van der Waals surface area contributed by atoms with Gasteiger partial charge in [-0.05, 0) is 47.6 Å². The second-order valence-electron chi connectivity index (χ2n) is 4.90. The van der Waals surface area contributed by atoms with Gasteiger partial charge in [0.1, 0.15) is 0 Å². The first-order chi connectivity index (χ1) is 10.0. The summed E-state index contributed by atoms with van der Waals surface area (Å²) in [5.41, 5.74) is 8.14. The number of thiophene rings is 1. The van der Waals surface area contributed by atoms with E-state index in [0.717, 1.165) is 6.54 Å². The summed E-state index contributed by atoms with van der Waals surface area (Å²) >= 11 is 7.57. The number of amides is 1. The maximum atomic E-state index is 11.9. The number of rotatable bonds is 6. The molecule has 0 aliphatic rings. The number of nitrogens with zero attached hydrogens (tertiary/aromatic N) is 1. The average Bonchev–Trinajstić information content (AvgIpc) is 2.93. The molecule has 0 saturated heterocycles. The first-order valence-electron chi connectivity index (χ1n) is 6.59. The zero-order chi connectivity index (χ0) is 15.2. The van der Waals surface area contributed by atoms with Crippen molar-refractivity contribution in [2.45, 2.75) is 13.0 Å². The van der Waals surface area contributed by atoms with Gasteiger partial charge in [0.15, 0.2) is 0 Å². The van der Waals surface area contributed by atoms with E-state index in [1.807, 2.05) is 7.05 Å². The Morgan fingerprint density at radius 2 is 2.24 bits per heavy atom. The zero-order valence-corrected chi connectivity index (χ0v) is 13.4. The van der Waals surface area contributed by atoms with Crippen molar-refractivity contribution in [3.05, 3.63) is 45.6 Å². The summed E-state index contributed by atoms with van der Waals surface area (Å²) in [7, 11) is 2.00. The summed E-state index contributed by atoms with van der Waals surface area (Å²) in [6, 6.07) is 7.12. The predicted octanol–water partition coefficient (Wildman–Crippen LogP) is 3.44. The Hall–Kier alpha value is -1.56. The van der Waals surface area contributed by atoms with E-state index in [-0.39, 0.29) is 5.91 Å². The molecule has 6 heteroatoms. The molecule has 1 aromatic carbocycles. The molecule has 0 aliphatic carbocycles. The van der Waals surface area contributed by atoms with Crippen molar-refractivity contribution in [1.29, 1.82) is 0 Å². The molecule has 4 nitrogen and oxygen atoms in total. The molecule has 2 aromatic rings. The average molecular weight is 324 g/mol. The molecule has 0 radical (unpaired) electrons. The van der Waals surface area contributed by atoms with E-state index in [1.54, 1.807) is 29.5 Å². The van der Waals surface area contributed by atoms with E-state index in [1.165, 1.54) is 5.56 Å². The van der Waals surface area contributed by atoms with Crippen molar-refractivity contribution in [2.24, 2.45) is 0 Å². The Morgan fingerprint density at radius 1 is 1.43 bits per heavy atom. The van der Waals surface area contributed by atoms with Crippen LogP contribution in [0.4, 0.5) is 11.4 Å². The van der Waals surface area contributed by atoms with Crippen LogP contribution in [0.3, 0.4) is 0 Å². The third kappa shape index (κ3) is 5.04. The first kappa shape index (κ1) is 15.8. The van der Waals surface area contributed by atoms with Gasteiger partial charge in [0.2, 0.25) is 5.91 Å². The van der Waals surface area contributed by atoms with E-state index < -0.39 is 0 Å². The van der Waals surface area contributed by atoms with Crippen molar-refractivity contribution in [3.63, 3.8) is 0 Å². The molecule has 0 bridgehead atoms. The van der Waals surface area contributed by atoms with E-state index >= 15 is 0 Å². The fraction of sp³-hybridized carbons (Fsp3) is 0.267. The van der Waals surface area contributed by atoms with Crippen molar-refractivity contribution < 1.29 is 4.79 Å². The summed E-state index contributed by atoms with van der Waals surface area (Å²) < 4.78 is 0. The SMILES string of the molecule is CN(CCC(=O)Nc1cc(Cl)ccc1N)Cc1ccsc1. The quantitative estimate of drug-likeness (QED) is 0.801. The molecule has 1 aromatic heterocycles. The molecule has 0 atom stereocenters. The van der Waals surface area contributed by atoms with E-state index in [9.17, 15) is 4.79 Å². The maximum Gasteiger partial charge on any atom is 0.225 e. The highest BCUT2D eigenvalue weighted by Crippen LogP contribution is 2.23. The number of halogens is 1. The minimum absolute atomic E-state index is 0.0684. The Labute approximate surface area is 133 Å². The lowest BCUT2D eigenvalue weighted by Crippen LogP contribution is -2.24.